The molecule has 0 saturated carbocycles. The summed E-state index contributed by atoms with van der Waals surface area (Å²) in [5.41, 5.74) is 0.0989. The number of esters is 1. The van der Waals surface area contributed by atoms with Crippen molar-refractivity contribution in [2.24, 2.45) is 0 Å². The second kappa shape index (κ2) is 4.21. The second-order valence-electron chi connectivity index (χ2n) is 5.86. The Labute approximate surface area is 98.5 Å². The SMILES string of the molecule is C=CC(=O)OC1CC(C)(C)N(C)C(C)(C)C1. The van der Waals surface area contributed by atoms with Crippen LogP contribution >= 0.6 is 0 Å². The number of piperidine rings is 1. The molecule has 1 heterocycles. The molecule has 0 bridgehead atoms. The molecular formula is C13H23NO2. The van der Waals surface area contributed by atoms with Crippen LogP contribution in [0.1, 0.15) is 40.5 Å². The maximum absolute atomic E-state index is 11.2. The first kappa shape index (κ1) is 13.2. The first-order valence-electron chi connectivity index (χ1n) is 5.76. The van der Waals surface area contributed by atoms with E-state index in [2.05, 4.69) is 46.2 Å². The molecule has 0 aromatic carbocycles. The van der Waals surface area contributed by atoms with Crippen molar-refractivity contribution in [3.63, 3.8) is 0 Å². The molecule has 1 saturated heterocycles. The van der Waals surface area contributed by atoms with Crippen LogP contribution in [0.3, 0.4) is 0 Å². The Balaban J connectivity index is 2.78. The molecule has 0 atom stereocenters. The lowest BCUT2D eigenvalue weighted by molar-refractivity contribution is -0.152. The minimum Gasteiger partial charge on any atom is -0.459 e. The number of carbonyl (C=O) groups excluding carboxylic acids is 1. The summed E-state index contributed by atoms with van der Waals surface area (Å²) in [7, 11) is 2.13. The van der Waals surface area contributed by atoms with Crippen molar-refractivity contribution in [2.75, 3.05) is 7.05 Å². The number of rotatable bonds is 2. The van der Waals surface area contributed by atoms with Crippen molar-refractivity contribution in [3.8, 4) is 0 Å². The van der Waals surface area contributed by atoms with Gasteiger partial charge >= 0.3 is 5.97 Å². The van der Waals surface area contributed by atoms with Gasteiger partial charge in [-0.15, -0.1) is 0 Å². The molecule has 0 radical (unpaired) electrons. The number of hydrogen-bond acceptors (Lipinski definition) is 3. The molecule has 0 aromatic rings. The third kappa shape index (κ3) is 2.64. The minimum absolute atomic E-state index is 0.00769. The molecule has 1 rings (SSSR count). The van der Waals surface area contributed by atoms with Gasteiger partial charge < -0.3 is 4.74 Å². The Kier molecular flexibility index (Phi) is 3.48. The maximum atomic E-state index is 11.2. The van der Waals surface area contributed by atoms with Crippen molar-refractivity contribution in [2.45, 2.75) is 57.7 Å². The van der Waals surface area contributed by atoms with Crippen LogP contribution in [0.2, 0.25) is 0 Å². The average molecular weight is 225 g/mol. The van der Waals surface area contributed by atoms with E-state index in [1.54, 1.807) is 0 Å². The van der Waals surface area contributed by atoms with Gasteiger partial charge in [0, 0.05) is 30.0 Å². The molecule has 16 heavy (non-hydrogen) atoms. The van der Waals surface area contributed by atoms with E-state index in [4.69, 9.17) is 4.74 Å². The summed E-state index contributed by atoms with van der Waals surface area (Å²) in [6.07, 6.45) is 2.96. The van der Waals surface area contributed by atoms with E-state index in [0.717, 1.165) is 12.8 Å². The van der Waals surface area contributed by atoms with Crippen molar-refractivity contribution >= 4 is 5.97 Å². The normalized spacial score (nSPS) is 25.1. The van der Waals surface area contributed by atoms with E-state index in [-0.39, 0.29) is 23.2 Å². The van der Waals surface area contributed by atoms with E-state index >= 15 is 0 Å². The zero-order valence-corrected chi connectivity index (χ0v) is 11.0. The zero-order valence-electron chi connectivity index (χ0n) is 11.0. The lowest BCUT2D eigenvalue weighted by atomic mass is 9.79. The molecular weight excluding hydrogens is 202 g/mol. The predicted molar refractivity (Wildman–Crippen MR) is 65.2 cm³/mol. The molecule has 0 unspecified atom stereocenters. The van der Waals surface area contributed by atoms with Crippen molar-refractivity contribution < 1.29 is 9.53 Å². The summed E-state index contributed by atoms with van der Waals surface area (Å²) in [6, 6.07) is 0. The van der Waals surface area contributed by atoms with Crippen LogP contribution in [0.4, 0.5) is 0 Å². The van der Waals surface area contributed by atoms with Crippen LogP contribution < -0.4 is 0 Å². The fraction of sp³-hybridized carbons (Fsp3) is 0.769. The van der Waals surface area contributed by atoms with Crippen LogP contribution in [-0.4, -0.2) is 35.1 Å². The first-order valence-corrected chi connectivity index (χ1v) is 5.76. The number of nitrogens with zero attached hydrogens (tertiary/aromatic N) is 1. The second-order valence-corrected chi connectivity index (χ2v) is 5.86. The summed E-state index contributed by atoms with van der Waals surface area (Å²) >= 11 is 0. The highest BCUT2D eigenvalue weighted by Crippen LogP contribution is 2.38. The molecule has 0 N–H and O–H groups in total. The molecule has 1 aliphatic rings. The van der Waals surface area contributed by atoms with Crippen molar-refractivity contribution in [1.29, 1.82) is 0 Å². The lowest BCUT2D eigenvalue weighted by Crippen LogP contribution is -2.60. The van der Waals surface area contributed by atoms with Gasteiger partial charge in [-0.25, -0.2) is 4.79 Å². The lowest BCUT2D eigenvalue weighted by Gasteiger charge is -2.53. The smallest absolute Gasteiger partial charge is 0.330 e. The minimum atomic E-state index is -0.318. The van der Waals surface area contributed by atoms with E-state index in [9.17, 15) is 4.79 Å². The third-order valence-corrected chi connectivity index (χ3v) is 3.72. The van der Waals surface area contributed by atoms with Gasteiger partial charge in [-0.1, -0.05) is 6.58 Å². The van der Waals surface area contributed by atoms with Gasteiger partial charge in [0.05, 0.1) is 0 Å². The highest BCUT2D eigenvalue weighted by atomic mass is 16.5. The largest absolute Gasteiger partial charge is 0.459 e. The van der Waals surface area contributed by atoms with Gasteiger partial charge in [-0.3, -0.25) is 4.90 Å². The monoisotopic (exact) mass is 225 g/mol. The predicted octanol–water partition coefficient (Wildman–Crippen LogP) is 2.37. The number of ether oxygens (including phenoxy) is 1. The van der Waals surface area contributed by atoms with Crippen LogP contribution in [0.15, 0.2) is 12.7 Å². The van der Waals surface area contributed by atoms with Crippen LogP contribution in [0, 0.1) is 0 Å². The zero-order chi connectivity index (χ0) is 12.6. The molecule has 0 spiro atoms. The van der Waals surface area contributed by atoms with Crippen LogP contribution in [0.25, 0.3) is 0 Å². The highest BCUT2D eigenvalue weighted by Gasteiger charge is 2.44. The topological polar surface area (TPSA) is 29.5 Å². The Morgan fingerprint density at radius 3 is 2.12 bits per heavy atom. The third-order valence-electron chi connectivity index (χ3n) is 3.72. The van der Waals surface area contributed by atoms with Crippen LogP contribution in [0.5, 0.6) is 0 Å². The number of carbonyl (C=O) groups is 1. The molecule has 0 aliphatic carbocycles. The molecule has 1 aliphatic heterocycles. The summed E-state index contributed by atoms with van der Waals surface area (Å²) in [6.45, 7) is 12.2. The Morgan fingerprint density at radius 2 is 1.75 bits per heavy atom. The Bertz CT molecular complexity index is 276. The fourth-order valence-electron chi connectivity index (χ4n) is 2.58. The van der Waals surface area contributed by atoms with Gasteiger partial charge in [0.2, 0.25) is 0 Å². The van der Waals surface area contributed by atoms with Gasteiger partial charge in [-0.05, 0) is 34.7 Å². The average Bonchev–Trinajstić information content (AvgIpc) is 2.13. The Morgan fingerprint density at radius 1 is 1.31 bits per heavy atom. The fourth-order valence-corrected chi connectivity index (χ4v) is 2.58. The van der Waals surface area contributed by atoms with Gasteiger partial charge in [0.1, 0.15) is 6.10 Å². The number of likely N-dealkylation sites (tertiary alicyclic amines) is 1. The summed E-state index contributed by atoms with van der Waals surface area (Å²) in [4.78, 5) is 13.6. The van der Waals surface area contributed by atoms with Crippen molar-refractivity contribution in [1.82, 2.24) is 4.90 Å². The standard InChI is InChI=1S/C13H23NO2/c1-7-11(15)16-10-8-12(2,3)14(6)13(4,5)9-10/h7,10H,1,8-9H2,2-6H3. The van der Waals surface area contributed by atoms with Crippen molar-refractivity contribution in [3.05, 3.63) is 12.7 Å². The molecule has 3 nitrogen and oxygen atoms in total. The van der Waals surface area contributed by atoms with Gasteiger partial charge in [-0.2, -0.15) is 0 Å². The molecule has 3 heteroatoms. The summed E-state index contributed by atoms with van der Waals surface area (Å²) < 4.78 is 5.38. The molecule has 0 aromatic heterocycles. The maximum Gasteiger partial charge on any atom is 0.330 e. The van der Waals surface area contributed by atoms with E-state index in [1.807, 2.05) is 0 Å². The summed E-state index contributed by atoms with van der Waals surface area (Å²) in [5, 5.41) is 0. The summed E-state index contributed by atoms with van der Waals surface area (Å²) in [5.74, 6) is -0.318. The van der Waals surface area contributed by atoms with E-state index in [0.29, 0.717) is 0 Å². The Hall–Kier alpha value is -0.830. The molecule has 92 valence electrons. The van der Waals surface area contributed by atoms with Crippen LogP contribution in [-0.2, 0) is 9.53 Å². The van der Waals surface area contributed by atoms with Gasteiger partial charge in [0.15, 0.2) is 0 Å². The van der Waals surface area contributed by atoms with E-state index in [1.165, 1.54) is 6.08 Å². The highest BCUT2D eigenvalue weighted by molar-refractivity contribution is 5.81. The quantitative estimate of drug-likeness (QED) is 0.534. The number of hydrogen-bond donors (Lipinski definition) is 0. The first-order chi connectivity index (χ1) is 7.19. The molecule has 0 amide bonds. The van der Waals surface area contributed by atoms with E-state index < -0.39 is 0 Å². The molecule has 1 fully saturated rings. The van der Waals surface area contributed by atoms with Gasteiger partial charge in [0.25, 0.3) is 0 Å².